The van der Waals surface area contributed by atoms with Crippen LogP contribution in [-0.2, 0) is 0 Å². The van der Waals surface area contributed by atoms with E-state index in [9.17, 15) is 5.11 Å². The maximum atomic E-state index is 10.4. The van der Waals surface area contributed by atoms with Gasteiger partial charge in [0.1, 0.15) is 30.8 Å². The third-order valence-corrected chi connectivity index (χ3v) is 7.85. The van der Waals surface area contributed by atoms with Crippen molar-refractivity contribution < 1.29 is 14.6 Å². The third-order valence-electron chi connectivity index (χ3n) is 7.85. The molecule has 0 fully saturated rings. The summed E-state index contributed by atoms with van der Waals surface area (Å²) in [6.45, 7) is 9.40. The minimum Gasteiger partial charge on any atom is -0.491 e. The van der Waals surface area contributed by atoms with E-state index in [1.807, 2.05) is 24.3 Å². The maximum Gasteiger partial charge on any atom is 0.122 e. The van der Waals surface area contributed by atoms with Crippen LogP contribution in [0.25, 0.3) is 0 Å². The van der Waals surface area contributed by atoms with Crippen molar-refractivity contribution in [2.75, 3.05) is 13.2 Å². The summed E-state index contributed by atoms with van der Waals surface area (Å²) in [6, 6.07) is 37.6. The predicted molar refractivity (Wildman–Crippen MR) is 156 cm³/mol. The number of rotatable bonds is 12. The number of ether oxygens (including phenoxy) is 2. The number of hydrogen-bond donors (Lipinski definition) is 1. The molecule has 0 aliphatic heterocycles. The number of aliphatic hydroxyl groups is 1. The number of hydrogen-bond acceptors (Lipinski definition) is 3. The minimum atomic E-state index is -0.719. The average molecular weight is 509 g/mol. The van der Waals surface area contributed by atoms with Crippen molar-refractivity contribution in [2.24, 2.45) is 0 Å². The van der Waals surface area contributed by atoms with E-state index < -0.39 is 6.10 Å². The fraction of sp³-hybridized carbons (Fsp3) is 0.314. The summed E-state index contributed by atoms with van der Waals surface area (Å²) in [4.78, 5) is 0. The Kier molecular flexibility index (Phi) is 9.62. The van der Waals surface area contributed by atoms with Crippen LogP contribution in [0.2, 0.25) is 0 Å². The van der Waals surface area contributed by atoms with Crippen LogP contribution in [0.4, 0.5) is 0 Å². The van der Waals surface area contributed by atoms with Gasteiger partial charge in [0, 0.05) is 0 Å². The zero-order valence-corrected chi connectivity index (χ0v) is 23.0. The molecule has 198 valence electrons. The summed E-state index contributed by atoms with van der Waals surface area (Å²) in [5, 5.41) is 10.4. The Morgan fingerprint density at radius 2 is 0.737 bits per heavy atom. The quantitative estimate of drug-likeness (QED) is 0.209. The summed E-state index contributed by atoms with van der Waals surface area (Å²) < 4.78 is 11.7. The first-order chi connectivity index (χ1) is 18.4. The van der Waals surface area contributed by atoms with Crippen molar-refractivity contribution in [3.63, 3.8) is 0 Å². The first-order valence-corrected chi connectivity index (χ1v) is 13.7. The van der Waals surface area contributed by atoms with Gasteiger partial charge in [0.2, 0.25) is 0 Å². The molecule has 0 aromatic heterocycles. The van der Waals surface area contributed by atoms with Gasteiger partial charge in [-0.1, -0.05) is 113 Å². The van der Waals surface area contributed by atoms with Gasteiger partial charge in [-0.25, -0.2) is 0 Å². The van der Waals surface area contributed by atoms with Crippen molar-refractivity contribution in [1.29, 1.82) is 0 Å². The minimum absolute atomic E-state index is 0.180. The van der Waals surface area contributed by atoms with E-state index in [1.165, 1.54) is 22.3 Å². The summed E-state index contributed by atoms with van der Waals surface area (Å²) in [5.74, 6) is 3.12. The molecular formula is C35H40O3. The molecule has 0 heterocycles. The van der Waals surface area contributed by atoms with Gasteiger partial charge in [0.25, 0.3) is 0 Å². The molecule has 4 atom stereocenters. The largest absolute Gasteiger partial charge is 0.491 e. The Morgan fingerprint density at radius 1 is 0.447 bits per heavy atom. The smallest absolute Gasteiger partial charge is 0.122 e. The molecule has 4 aromatic rings. The van der Waals surface area contributed by atoms with E-state index in [-0.39, 0.29) is 13.2 Å². The molecule has 1 N–H and O–H groups in total. The molecule has 4 aromatic carbocycles. The van der Waals surface area contributed by atoms with Gasteiger partial charge < -0.3 is 14.6 Å². The molecule has 0 aliphatic carbocycles. The van der Waals surface area contributed by atoms with Crippen molar-refractivity contribution in [2.45, 2.75) is 57.5 Å². The molecule has 0 radical (unpaired) electrons. The van der Waals surface area contributed by atoms with Crippen LogP contribution in [-0.4, -0.2) is 24.4 Å². The van der Waals surface area contributed by atoms with Gasteiger partial charge in [-0.05, 0) is 70.2 Å². The summed E-state index contributed by atoms with van der Waals surface area (Å²) in [6.07, 6.45) is -0.719. The molecule has 0 aliphatic rings. The third kappa shape index (κ3) is 7.26. The fourth-order valence-electron chi connectivity index (χ4n) is 4.84. The van der Waals surface area contributed by atoms with Gasteiger partial charge in [-0.15, -0.1) is 0 Å². The first kappa shape index (κ1) is 27.5. The van der Waals surface area contributed by atoms with E-state index in [1.54, 1.807) is 0 Å². The van der Waals surface area contributed by atoms with Crippen molar-refractivity contribution in [3.8, 4) is 11.5 Å². The summed E-state index contributed by atoms with van der Waals surface area (Å²) in [5.41, 5.74) is 5.23. The zero-order chi connectivity index (χ0) is 26.9. The Labute approximate surface area is 228 Å². The molecule has 4 rings (SSSR count). The van der Waals surface area contributed by atoms with Crippen molar-refractivity contribution in [1.82, 2.24) is 0 Å². The lowest BCUT2D eigenvalue weighted by Crippen LogP contribution is -2.25. The second-order valence-corrected chi connectivity index (χ2v) is 10.4. The van der Waals surface area contributed by atoms with Crippen LogP contribution in [0.15, 0.2) is 109 Å². The van der Waals surface area contributed by atoms with E-state index in [0.29, 0.717) is 23.7 Å². The van der Waals surface area contributed by atoms with Crippen molar-refractivity contribution >= 4 is 0 Å². The lowest BCUT2D eigenvalue weighted by molar-refractivity contribution is 0.0626. The fourth-order valence-corrected chi connectivity index (χ4v) is 4.84. The number of benzene rings is 4. The molecule has 3 heteroatoms. The highest BCUT2D eigenvalue weighted by Gasteiger charge is 2.17. The second kappa shape index (κ2) is 13.3. The molecule has 0 saturated carbocycles. The summed E-state index contributed by atoms with van der Waals surface area (Å²) >= 11 is 0. The molecule has 38 heavy (non-hydrogen) atoms. The maximum absolute atomic E-state index is 10.4. The molecule has 0 bridgehead atoms. The van der Waals surface area contributed by atoms with E-state index in [0.717, 1.165) is 11.5 Å². The Morgan fingerprint density at radius 3 is 1.05 bits per heavy atom. The molecule has 4 unspecified atom stereocenters. The van der Waals surface area contributed by atoms with E-state index in [4.69, 9.17) is 9.47 Å². The monoisotopic (exact) mass is 508 g/mol. The molecule has 0 saturated heterocycles. The van der Waals surface area contributed by atoms with Gasteiger partial charge in [0.05, 0.1) is 0 Å². The van der Waals surface area contributed by atoms with Crippen LogP contribution in [0.1, 0.15) is 73.6 Å². The molecular weight excluding hydrogens is 468 g/mol. The van der Waals surface area contributed by atoms with Crippen molar-refractivity contribution in [3.05, 3.63) is 131 Å². The summed E-state index contributed by atoms with van der Waals surface area (Å²) in [7, 11) is 0. The van der Waals surface area contributed by atoms with Gasteiger partial charge in [-0.2, -0.15) is 0 Å². The normalized spacial score (nSPS) is 15.2. The highest BCUT2D eigenvalue weighted by molar-refractivity contribution is 5.33. The van der Waals surface area contributed by atoms with Crippen LogP contribution < -0.4 is 9.47 Å². The zero-order valence-electron chi connectivity index (χ0n) is 23.0. The lowest BCUT2D eigenvalue weighted by atomic mass is 9.84. The standard InChI is InChI=1S/C35H40O3/c1-25(29-11-7-5-8-12-29)27(3)31-15-19-34(20-16-31)37-23-33(36)24-38-35-21-17-32(18-22-35)28(4)26(2)30-13-9-6-10-14-30/h5-22,25-28,33,36H,23-24H2,1-4H3. The van der Waals surface area contributed by atoms with E-state index >= 15 is 0 Å². The predicted octanol–water partition coefficient (Wildman–Crippen LogP) is 8.32. The average Bonchev–Trinajstić information content (AvgIpc) is 2.99. The SMILES string of the molecule is CC(c1ccccc1)C(C)c1ccc(OCC(O)COc2ccc(C(C)C(C)c3ccccc3)cc2)cc1. The number of aliphatic hydroxyl groups excluding tert-OH is 1. The molecule has 0 amide bonds. The Hall–Kier alpha value is -3.56. The Balaban J connectivity index is 1.22. The lowest BCUT2D eigenvalue weighted by Gasteiger charge is -2.21. The van der Waals surface area contributed by atoms with Gasteiger partial charge >= 0.3 is 0 Å². The van der Waals surface area contributed by atoms with Gasteiger partial charge in [0.15, 0.2) is 0 Å². The second-order valence-electron chi connectivity index (χ2n) is 10.4. The molecule has 0 spiro atoms. The van der Waals surface area contributed by atoms with Gasteiger partial charge in [-0.3, -0.25) is 0 Å². The highest BCUT2D eigenvalue weighted by atomic mass is 16.5. The molecule has 3 nitrogen and oxygen atoms in total. The van der Waals surface area contributed by atoms with Crippen LogP contribution in [0, 0.1) is 0 Å². The highest BCUT2D eigenvalue weighted by Crippen LogP contribution is 2.34. The Bertz CT molecular complexity index is 1120. The van der Waals surface area contributed by atoms with Crippen LogP contribution in [0.5, 0.6) is 11.5 Å². The first-order valence-electron chi connectivity index (χ1n) is 13.7. The topological polar surface area (TPSA) is 38.7 Å². The van der Waals surface area contributed by atoms with E-state index in [2.05, 4.69) is 113 Å². The van der Waals surface area contributed by atoms with Crippen LogP contribution in [0.3, 0.4) is 0 Å². The van der Waals surface area contributed by atoms with Crippen LogP contribution >= 0.6 is 0 Å².